The first-order chi connectivity index (χ1) is 11.3. The zero-order valence-corrected chi connectivity index (χ0v) is 12.8. The lowest BCUT2D eigenvalue weighted by Gasteiger charge is -2.22. The molecule has 1 saturated carbocycles. The standard InChI is InChI=1S/C19H18N2O2/c22-19(12-17-16-8-4-5-9-18(16)23-20-17)21(15-10-11-15)13-14-6-2-1-3-7-14/h1-9,15H,10-13H2. The van der Waals surface area contributed by atoms with E-state index in [1.165, 1.54) is 0 Å². The molecule has 1 heterocycles. The average Bonchev–Trinajstić information content (AvgIpc) is 3.35. The molecule has 0 aliphatic heterocycles. The van der Waals surface area contributed by atoms with E-state index in [1.54, 1.807) is 0 Å². The van der Waals surface area contributed by atoms with E-state index < -0.39 is 0 Å². The lowest BCUT2D eigenvalue weighted by Crippen LogP contribution is -2.33. The predicted molar refractivity (Wildman–Crippen MR) is 87.7 cm³/mol. The van der Waals surface area contributed by atoms with Crippen LogP contribution in [0.5, 0.6) is 0 Å². The molecule has 0 saturated heterocycles. The Kier molecular flexibility index (Phi) is 3.58. The van der Waals surface area contributed by atoms with Gasteiger partial charge in [0.1, 0.15) is 5.69 Å². The fourth-order valence-corrected chi connectivity index (χ4v) is 2.90. The number of rotatable bonds is 5. The number of para-hydroxylation sites is 1. The maximum absolute atomic E-state index is 12.8. The van der Waals surface area contributed by atoms with E-state index in [9.17, 15) is 4.79 Å². The monoisotopic (exact) mass is 306 g/mol. The summed E-state index contributed by atoms with van der Waals surface area (Å²) in [6.45, 7) is 0.667. The van der Waals surface area contributed by atoms with Crippen LogP contribution in [-0.2, 0) is 17.8 Å². The Hall–Kier alpha value is -2.62. The highest BCUT2D eigenvalue weighted by atomic mass is 16.5. The van der Waals surface area contributed by atoms with Gasteiger partial charge in [-0.15, -0.1) is 0 Å². The molecule has 1 amide bonds. The minimum Gasteiger partial charge on any atom is -0.356 e. The van der Waals surface area contributed by atoms with Crippen LogP contribution in [-0.4, -0.2) is 22.0 Å². The van der Waals surface area contributed by atoms with Crippen LogP contribution in [0.3, 0.4) is 0 Å². The van der Waals surface area contributed by atoms with Gasteiger partial charge in [-0.1, -0.05) is 47.6 Å². The SMILES string of the molecule is O=C(Cc1noc2ccccc12)N(Cc1ccccc1)C1CC1. The summed E-state index contributed by atoms with van der Waals surface area (Å²) >= 11 is 0. The molecule has 4 rings (SSSR count). The Morgan fingerprint density at radius 3 is 2.61 bits per heavy atom. The highest BCUT2D eigenvalue weighted by Gasteiger charge is 2.33. The summed E-state index contributed by atoms with van der Waals surface area (Å²) in [5.41, 5.74) is 2.62. The maximum Gasteiger partial charge on any atom is 0.229 e. The van der Waals surface area contributed by atoms with E-state index in [4.69, 9.17) is 4.52 Å². The molecule has 0 unspecified atom stereocenters. The Morgan fingerprint density at radius 1 is 1.09 bits per heavy atom. The van der Waals surface area contributed by atoms with Crippen molar-refractivity contribution in [3.8, 4) is 0 Å². The molecule has 1 aromatic heterocycles. The van der Waals surface area contributed by atoms with Gasteiger partial charge in [-0.2, -0.15) is 0 Å². The summed E-state index contributed by atoms with van der Waals surface area (Å²) in [6.07, 6.45) is 2.48. The zero-order chi connectivity index (χ0) is 15.6. The molecule has 0 bridgehead atoms. The number of carbonyl (C=O) groups excluding carboxylic acids is 1. The molecule has 23 heavy (non-hydrogen) atoms. The smallest absolute Gasteiger partial charge is 0.229 e. The number of fused-ring (bicyclic) bond motifs is 1. The zero-order valence-electron chi connectivity index (χ0n) is 12.8. The number of benzene rings is 2. The third-order valence-corrected chi connectivity index (χ3v) is 4.27. The van der Waals surface area contributed by atoms with Gasteiger partial charge in [0.2, 0.25) is 5.91 Å². The number of aromatic nitrogens is 1. The Morgan fingerprint density at radius 2 is 1.83 bits per heavy atom. The molecule has 3 aromatic rings. The van der Waals surface area contributed by atoms with Crippen molar-refractivity contribution in [2.75, 3.05) is 0 Å². The van der Waals surface area contributed by atoms with Gasteiger partial charge < -0.3 is 9.42 Å². The summed E-state index contributed by atoms with van der Waals surface area (Å²) in [6, 6.07) is 18.2. The molecule has 0 radical (unpaired) electrons. The van der Waals surface area contributed by atoms with E-state index in [-0.39, 0.29) is 5.91 Å². The Bertz CT molecular complexity index is 822. The number of amides is 1. The molecule has 4 heteroatoms. The third-order valence-electron chi connectivity index (χ3n) is 4.27. The number of hydrogen-bond acceptors (Lipinski definition) is 3. The molecule has 1 aliphatic carbocycles. The molecule has 116 valence electrons. The Balaban J connectivity index is 1.54. The van der Waals surface area contributed by atoms with E-state index in [0.29, 0.717) is 19.0 Å². The molecular weight excluding hydrogens is 288 g/mol. The van der Waals surface area contributed by atoms with E-state index in [0.717, 1.165) is 35.1 Å². The van der Waals surface area contributed by atoms with E-state index in [1.807, 2.05) is 47.4 Å². The summed E-state index contributed by atoms with van der Waals surface area (Å²) in [5, 5.41) is 5.01. The van der Waals surface area contributed by atoms with Crippen molar-refractivity contribution < 1.29 is 9.32 Å². The minimum absolute atomic E-state index is 0.121. The van der Waals surface area contributed by atoms with Gasteiger partial charge in [0.25, 0.3) is 0 Å². The summed E-state index contributed by atoms with van der Waals surface area (Å²) in [4.78, 5) is 14.8. The van der Waals surface area contributed by atoms with Crippen molar-refractivity contribution in [2.45, 2.75) is 31.8 Å². The first-order valence-corrected chi connectivity index (χ1v) is 7.98. The average molecular weight is 306 g/mol. The second-order valence-corrected chi connectivity index (χ2v) is 6.04. The second kappa shape index (κ2) is 5.88. The molecule has 0 atom stereocenters. The fraction of sp³-hybridized carbons (Fsp3) is 0.263. The Labute approximate surface area is 134 Å². The number of nitrogens with zero attached hydrogens (tertiary/aromatic N) is 2. The van der Waals surface area contributed by atoms with Gasteiger partial charge in [0, 0.05) is 18.0 Å². The summed E-state index contributed by atoms with van der Waals surface area (Å²) in [7, 11) is 0. The first-order valence-electron chi connectivity index (χ1n) is 7.98. The number of hydrogen-bond donors (Lipinski definition) is 0. The highest BCUT2D eigenvalue weighted by Crippen LogP contribution is 2.29. The molecule has 1 aliphatic rings. The van der Waals surface area contributed by atoms with Crippen molar-refractivity contribution in [3.05, 3.63) is 65.9 Å². The van der Waals surface area contributed by atoms with Gasteiger partial charge in [-0.05, 0) is 30.5 Å². The van der Waals surface area contributed by atoms with Crippen LogP contribution in [0.25, 0.3) is 11.0 Å². The maximum atomic E-state index is 12.8. The molecular formula is C19H18N2O2. The fourth-order valence-electron chi connectivity index (χ4n) is 2.90. The van der Waals surface area contributed by atoms with E-state index in [2.05, 4.69) is 17.3 Å². The van der Waals surface area contributed by atoms with Gasteiger partial charge in [-0.3, -0.25) is 4.79 Å². The van der Waals surface area contributed by atoms with Crippen molar-refractivity contribution in [2.24, 2.45) is 0 Å². The quantitative estimate of drug-likeness (QED) is 0.724. The lowest BCUT2D eigenvalue weighted by molar-refractivity contribution is -0.131. The van der Waals surface area contributed by atoms with Crippen molar-refractivity contribution in [1.82, 2.24) is 10.1 Å². The van der Waals surface area contributed by atoms with E-state index >= 15 is 0 Å². The molecule has 0 spiro atoms. The highest BCUT2D eigenvalue weighted by molar-refractivity contribution is 5.86. The lowest BCUT2D eigenvalue weighted by atomic mass is 10.1. The van der Waals surface area contributed by atoms with Crippen LogP contribution < -0.4 is 0 Å². The van der Waals surface area contributed by atoms with Gasteiger partial charge in [-0.25, -0.2) is 0 Å². The molecule has 4 nitrogen and oxygen atoms in total. The van der Waals surface area contributed by atoms with Crippen LogP contribution in [0.1, 0.15) is 24.1 Å². The van der Waals surface area contributed by atoms with Crippen LogP contribution in [0.2, 0.25) is 0 Å². The summed E-state index contributed by atoms with van der Waals surface area (Å²) in [5.74, 6) is 0.121. The van der Waals surface area contributed by atoms with Crippen LogP contribution in [0, 0.1) is 0 Å². The largest absolute Gasteiger partial charge is 0.356 e. The van der Waals surface area contributed by atoms with Crippen molar-refractivity contribution >= 4 is 16.9 Å². The van der Waals surface area contributed by atoms with Gasteiger partial charge >= 0.3 is 0 Å². The second-order valence-electron chi connectivity index (χ2n) is 6.04. The topological polar surface area (TPSA) is 46.3 Å². The number of carbonyl (C=O) groups is 1. The summed E-state index contributed by atoms with van der Waals surface area (Å²) < 4.78 is 5.30. The van der Waals surface area contributed by atoms with Crippen molar-refractivity contribution in [3.63, 3.8) is 0 Å². The van der Waals surface area contributed by atoms with Crippen LogP contribution in [0.4, 0.5) is 0 Å². The molecule has 1 fully saturated rings. The minimum atomic E-state index is 0.121. The normalized spacial score (nSPS) is 14.1. The third kappa shape index (κ3) is 2.97. The molecule has 2 aromatic carbocycles. The van der Waals surface area contributed by atoms with Crippen LogP contribution >= 0.6 is 0 Å². The predicted octanol–water partition coefficient (Wildman–Crippen LogP) is 3.56. The van der Waals surface area contributed by atoms with Gasteiger partial charge in [0.15, 0.2) is 5.58 Å². The van der Waals surface area contributed by atoms with Gasteiger partial charge in [0.05, 0.1) is 6.42 Å². The first kappa shape index (κ1) is 14.0. The van der Waals surface area contributed by atoms with Crippen molar-refractivity contribution in [1.29, 1.82) is 0 Å². The van der Waals surface area contributed by atoms with Crippen LogP contribution in [0.15, 0.2) is 59.1 Å². The molecule has 0 N–H and O–H groups in total.